The van der Waals surface area contributed by atoms with Crippen molar-refractivity contribution in [3.05, 3.63) is 77.6 Å². The highest BCUT2D eigenvalue weighted by Gasteiger charge is 2.23. The molecule has 1 atom stereocenters. The maximum atomic E-state index is 12.9. The van der Waals surface area contributed by atoms with E-state index in [0.29, 0.717) is 12.2 Å². The van der Waals surface area contributed by atoms with Crippen LogP contribution in [0.3, 0.4) is 0 Å². The monoisotopic (exact) mass is 401 g/mol. The number of amides is 1. The maximum Gasteiger partial charge on any atom is 0.251 e. The third-order valence-corrected chi connectivity index (χ3v) is 6.13. The summed E-state index contributed by atoms with van der Waals surface area (Å²) >= 11 is 1.59. The number of benzene rings is 2. The molecule has 0 saturated heterocycles. The molecule has 0 aliphatic carbocycles. The summed E-state index contributed by atoms with van der Waals surface area (Å²) in [4.78, 5) is 21.9. The number of aryl methyl sites for hydroxylation is 1. The summed E-state index contributed by atoms with van der Waals surface area (Å²) in [5, 5.41) is 4.09. The van der Waals surface area contributed by atoms with Crippen LogP contribution in [-0.2, 0) is 0 Å². The third kappa shape index (κ3) is 3.47. The Kier molecular flexibility index (Phi) is 4.48. The number of nitrogens with zero attached hydrogens (tertiary/aromatic N) is 2. The Balaban J connectivity index is 1.41. The standard InChI is InChI=1S/C23H19N3O2S/c1-14-12-16(8-10-24-14)23-26-19-7-6-15(13-21(19)29-23)22(27)25-18-9-11-28-20-5-3-2-4-17(18)20/h2-8,10,12-13,18H,9,11H2,1H3,(H,25,27). The first kappa shape index (κ1) is 17.8. The largest absolute Gasteiger partial charge is 0.493 e. The fourth-order valence-corrected chi connectivity index (χ4v) is 4.60. The molecule has 2 aromatic heterocycles. The minimum Gasteiger partial charge on any atom is -0.493 e. The van der Waals surface area contributed by atoms with Crippen LogP contribution in [0.4, 0.5) is 0 Å². The minimum atomic E-state index is -0.0803. The average Bonchev–Trinajstić information content (AvgIpc) is 3.17. The topological polar surface area (TPSA) is 64.1 Å². The number of aromatic nitrogens is 2. The lowest BCUT2D eigenvalue weighted by Gasteiger charge is -2.26. The maximum absolute atomic E-state index is 12.9. The molecule has 5 nitrogen and oxygen atoms in total. The minimum absolute atomic E-state index is 0.0417. The first-order valence-electron chi connectivity index (χ1n) is 9.53. The molecular weight excluding hydrogens is 382 g/mol. The highest BCUT2D eigenvalue weighted by molar-refractivity contribution is 7.21. The highest BCUT2D eigenvalue weighted by Crippen LogP contribution is 2.33. The van der Waals surface area contributed by atoms with Gasteiger partial charge in [-0.3, -0.25) is 9.78 Å². The number of fused-ring (bicyclic) bond motifs is 2. The summed E-state index contributed by atoms with van der Waals surface area (Å²) in [7, 11) is 0. The van der Waals surface area contributed by atoms with Crippen LogP contribution in [0.15, 0.2) is 60.8 Å². The van der Waals surface area contributed by atoms with Gasteiger partial charge < -0.3 is 10.1 Å². The first-order valence-corrected chi connectivity index (χ1v) is 10.4. The summed E-state index contributed by atoms with van der Waals surface area (Å²) in [6.07, 6.45) is 2.55. The number of para-hydroxylation sites is 1. The molecule has 1 unspecified atom stereocenters. The Labute approximate surface area is 172 Å². The smallest absolute Gasteiger partial charge is 0.251 e. The van der Waals surface area contributed by atoms with Crippen LogP contribution >= 0.6 is 11.3 Å². The van der Waals surface area contributed by atoms with Crippen LogP contribution in [0.2, 0.25) is 0 Å². The van der Waals surface area contributed by atoms with Gasteiger partial charge in [0.2, 0.25) is 0 Å². The molecule has 0 radical (unpaired) electrons. The predicted molar refractivity (Wildman–Crippen MR) is 114 cm³/mol. The Hall–Kier alpha value is -3.25. The van der Waals surface area contributed by atoms with Crippen LogP contribution in [0.5, 0.6) is 5.75 Å². The summed E-state index contributed by atoms with van der Waals surface area (Å²) in [6, 6.07) is 17.5. The van der Waals surface area contributed by atoms with Gasteiger partial charge in [-0.2, -0.15) is 0 Å². The van der Waals surface area contributed by atoms with Gasteiger partial charge in [0.25, 0.3) is 5.91 Å². The summed E-state index contributed by atoms with van der Waals surface area (Å²) in [5.41, 5.74) is 4.57. The van der Waals surface area contributed by atoms with Crippen molar-refractivity contribution in [1.82, 2.24) is 15.3 Å². The van der Waals surface area contributed by atoms with Crippen molar-refractivity contribution in [2.75, 3.05) is 6.61 Å². The lowest BCUT2D eigenvalue weighted by atomic mass is 10.00. The van der Waals surface area contributed by atoms with E-state index >= 15 is 0 Å². The summed E-state index contributed by atoms with van der Waals surface area (Å²) in [5.74, 6) is 0.766. The lowest BCUT2D eigenvalue weighted by molar-refractivity contribution is 0.0925. The molecule has 1 aliphatic heterocycles. The van der Waals surface area contributed by atoms with Crippen molar-refractivity contribution >= 4 is 27.5 Å². The van der Waals surface area contributed by atoms with Gasteiger partial charge in [0.1, 0.15) is 10.8 Å². The van der Waals surface area contributed by atoms with Crippen molar-refractivity contribution < 1.29 is 9.53 Å². The average molecular weight is 401 g/mol. The Morgan fingerprint density at radius 3 is 2.97 bits per heavy atom. The normalized spacial score (nSPS) is 15.6. The van der Waals surface area contributed by atoms with Gasteiger partial charge in [-0.05, 0) is 43.3 Å². The Morgan fingerprint density at radius 1 is 1.17 bits per heavy atom. The van der Waals surface area contributed by atoms with Gasteiger partial charge >= 0.3 is 0 Å². The molecule has 0 spiro atoms. The van der Waals surface area contributed by atoms with Gasteiger partial charge in [-0.1, -0.05) is 18.2 Å². The van der Waals surface area contributed by atoms with E-state index in [9.17, 15) is 4.79 Å². The number of carbonyl (C=O) groups excluding carboxylic acids is 1. The Morgan fingerprint density at radius 2 is 2.07 bits per heavy atom. The summed E-state index contributed by atoms with van der Waals surface area (Å²) < 4.78 is 6.68. The van der Waals surface area contributed by atoms with Gasteiger partial charge in [0.15, 0.2) is 0 Å². The SMILES string of the molecule is Cc1cc(-c2nc3ccc(C(=O)NC4CCOc5ccccc54)cc3s2)ccn1. The van der Waals surface area contributed by atoms with E-state index in [2.05, 4.69) is 10.3 Å². The fourth-order valence-electron chi connectivity index (χ4n) is 3.60. The molecule has 4 aromatic rings. The lowest BCUT2D eigenvalue weighted by Crippen LogP contribution is -2.32. The van der Waals surface area contributed by atoms with E-state index in [4.69, 9.17) is 9.72 Å². The van der Waals surface area contributed by atoms with Crippen LogP contribution in [0.25, 0.3) is 20.8 Å². The molecule has 1 N–H and O–H groups in total. The van der Waals surface area contributed by atoms with E-state index < -0.39 is 0 Å². The molecule has 29 heavy (non-hydrogen) atoms. The second-order valence-electron chi connectivity index (χ2n) is 7.09. The number of rotatable bonds is 3. The molecule has 0 bridgehead atoms. The zero-order valence-corrected chi connectivity index (χ0v) is 16.7. The van der Waals surface area contributed by atoms with Crippen LogP contribution in [0, 0.1) is 6.92 Å². The molecule has 6 heteroatoms. The van der Waals surface area contributed by atoms with Gasteiger partial charge in [0, 0.05) is 35.0 Å². The van der Waals surface area contributed by atoms with Crippen LogP contribution in [0.1, 0.15) is 34.1 Å². The van der Waals surface area contributed by atoms with Crippen molar-refractivity contribution in [3.8, 4) is 16.3 Å². The van der Waals surface area contributed by atoms with E-state index in [1.807, 2.05) is 61.5 Å². The molecule has 5 rings (SSSR count). The second-order valence-corrected chi connectivity index (χ2v) is 8.12. The summed E-state index contributed by atoms with van der Waals surface area (Å²) in [6.45, 7) is 2.57. The number of carbonyl (C=O) groups is 1. The quantitative estimate of drug-likeness (QED) is 0.529. The van der Waals surface area contributed by atoms with Gasteiger partial charge in [-0.25, -0.2) is 4.98 Å². The highest BCUT2D eigenvalue weighted by atomic mass is 32.1. The number of hydrogen-bond donors (Lipinski definition) is 1. The molecule has 3 heterocycles. The van der Waals surface area contributed by atoms with Gasteiger partial charge in [-0.15, -0.1) is 11.3 Å². The number of pyridine rings is 1. The van der Waals surface area contributed by atoms with Crippen molar-refractivity contribution in [2.24, 2.45) is 0 Å². The third-order valence-electron chi connectivity index (χ3n) is 5.06. The zero-order valence-electron chi connectivity index (χ0n) is 15.9. The molecular formula is C23H19N3O2S. The zero-order chi connectivity index (χ0) is 19.8. The van der Waals surface area contributed by atoms with Crippen LogP contribution in [-0.4, -0.2) is 22.5 Å². The number of hydrogen-bond acceptors (Lipinski definition) is 5. The molecule has 144 valence electrons. The van der Waals surface area contributed by atoms with E-state index in [0.717, 1.165) is 44.2 Å². The Bertz CT molecular complexity index is 1220. The fraction of sp³-hybridized carbons (Fsp3) is 0.174. The van der Waals surface area contributed by atoms with Gasteiger partial charge in [0.05, 0.1) is 22.9 Å². The number of ether oxygens (including phenoxy) is 1. The number of nitrogens with one attached hydrogen (secondary N) is 1. The van der Waals surface area contributed by atoms with Crippen molar-refractivity contribution in [2.45, 2.75) is 19.4 Å². The first-order chi connectivity index (χ1) is 14.2. The van der Waals surface area contributed by atoms with E-state index in [1.165, 1.54) is 0 Å². The number of thiazole rings is 1. The van der Waals surface area contributed by atoms with E-state index in [-0.39, 0.29) is 11.9 Å². The van der Waals surface area contributed by atoms with Crippen molar-refractivity contribution in [1.29, 1.82) is 0 Å². The molecule has 0 saturated carbocycles. The molecule has 1 aliphatic rings. The second kappa shape index (κ2) is 7.29. The molecule has 2 aromatic carbocycles. The molecule has 1 amide bonds. The van der Waals surface area contributed by atoms with Crippen molar-refractivity contribution in [3.63, 3.8) is 0 Å². The van der Waals surface area contributed by atoms with Crippen LogP contribution < -0.4 is 10.1 Å². The van der Waals surface area contributed by atoms with E-state index in [1.54, 1.807) is 17.5 Å². The predicted octanol–water partition coefficient (Wildman–Crippen LogP) is 4.92. The molecule has 0 fully saturated rings.